The van der Waals surface area contributed by atoms with Gasteiger partial charge >= 0.3 is 0 Å². The van der Waals surface area contributed by atoms with Crippen LogP contribution in [0.5, 0.6) is 0 Å². The van der Waals surface area contributed by atoms with E-state index < -0.39 is 0 Å². The van der Waals surface area contributed by atoms with Crippen molar-refractivity contribution in [2.75, 3.05) is 0 Å². The number of fused-ring (bicyclic) bond motifs is 15. The summed E-state index contributed by atoms with van der Waals surface area (Å²) in [5, 5.41) is 14.5. The smallest absolute Gasteiger partial charge is 0.164 e. The molecule has 5 heterocycles. The van der Waals surface area contributed by atoms with E-state index in [4.69, 9.17) is 38.7 Å². The third kappa shape index (κ3) is 11.8. The Morgan fingerprint density at radius 3 is 0.919 bits per heavy atom. The monoisotopic (exact) mass is 1420 g/mol. The highest BCUT2D eigenvalue weighted by Crippen LogP contribution is 2.43. The predicted molar refractivity (Wildman–Crippen MR) is 455 cm³/mol. The van der Waals surface area contributed by atoms with Gasteiger partial charge < -0.3 is 13.4 Å². The molecule has 0 N–H and O–H groups in total. The summed E-state index contributed by atoms with van der Waals surface area (Å²) in [4.78, 5) is 29.4. The van der Waals surface area contributed by atoms with E-state index in [1.807, 2.05) is 121 Å². The Balaban J connectivity index is 0.000000141. The number of furan rings is 2. The lowest BCUT2D eigenvalue weighted by molar-refractivity contribution is 0.668. The number of benzene rings is 17. The minimum absolute atomic E-state index is 0.625. The second kappa shape index (κ2) is 27.1. The fourth-order valence-corrected chi connectivity index (χ4v) is 15.9. The average molecular weight is 1420 g/mol. The van der Waals surface area contributed by atoms with Gasteiger partial charge in [-0.2, -0.15) is 0 Å². The van der Waals surface area contributed by atoms with Crippen molar-refractivity contribution in [1.82, 2.24) is 34.5 Å². The average Bonchev–Trinajstić information content (AvgIpc) is 1.56. The van der Waals surface area contributed by atoms with Gasteiger partial charge in [-0.25, -0.2) is 29.9 Å². The molecular weight excluding hydrogens is 1360 g/mol. The Labute approximate surface area is 638 Å². The SMILES string of the molecule is c1ccc(-c2nc(-c3ccccc3)nc(-c3ccc(-c4ccc5c(c4)oc4ccc(-c6ccc7c8ccccc8c8ccccc8c7c6)cc45)cc3)n2)cc1.c1ccc(-c2nc(-c3ccccc3)nc(-c3cccc(-c4ccc5c(c4)oc4ccc(-c6ccc7c(c6)c6ccccc6n7-c6ccccc6)cc45)c3)n2)cc1. The molecular formula is C102H63N7O2. The molecule has 22 rings (SSSR count). The summed E-state index contributed by atoms with van der Waals surface area (Å²) < 4.78 is 15.3. The molecule has 0 aliphatic heterocycles. The fourth-order valence-electron chi connectivity index (χ4n) is 15.9. The zero-order valence-electron chi connectivity index (χ0n) is 59.8. The second-order valence-corrected chi connectivity index (χ2v) is 28.1. The summed E-state index contributed by atoms with van der Waals surface area (Å²) in [6.07, 6.45) is 0. The third-order valence-corrected chi connectivity index (χ3v) is 21.4. The van der Waals surface area contributed by atoms with E-state index in [0.717, 1.165) is 116 Å². The highest BCUT2D eigenvalue weighted by molar-refractivity contribution is 6.26. The second-order valence-electron chi connectivity index (χ2n) is 28.1. The standard InChI is InChI=1S/C51H32N4O.C51H31N3O/c1-4-13-33(14-5-1)49-52-50(34-15-6-2-7-16-34)54-51(53-49)39-18-12-17-35(29-39)38-23-26-42-44-31-37(25-28-47(44)56-48(42)32-38)36-24-27-46-43(30-36)41-21-10-11-22-45(41)55(46)40-19-8-3-9-20-40;1-3-11-33(12-4-1)49-52-50(34-13-5-2-6-14-34)54-51(53-49)35-21-19-32(20-22-35)38-24-27-44-46-30-37(25-28-47(46)55-48(44)31-38)36-23-26-43-41-17-8-7-15-39(41)40-16-9-10-18-42(40)45(43)29-36/h1-32H;1-31H. The Hall–Kier alpha value is -15.1. The Bertz CT molecular complexity index is 7210. The molecule has 0 bridgehead atoms. The Morgan fingerprint density at radius 1 is 0.153 bits per heavy atom. The van der Waals surface area contributed by atoms with Crippen molar-refractivity contribution in [3.05, 3.63) is 382 Å². The number of hydrogen-bond donors (Lipinski definition) is 0. The molecule has 22 aromatic rings. The van der Waals surface area contributed by atoms with Crippen LogP contribution in [0.2, 0.25) is 0 Å². The van der Waals surface area contributed by atoms with Gasteiger partial charge in [-0.05, 0) is 168 Å². The van der Waals surface area contributed by atoms with Gasteiger partial charge in [-0.3, -0.25) is 0 Å². The summed E-state index contributed by atoms with van der Waals surface area (Å²) in [5.74, 6) is 3.84. The Kier molecular flexibility index (Phi) is 15.7. The van der Waals surface area contributed by atoms with Crippen molar-refractivity contribution < 1.29 is 8.83 Å². The molecule has 17 aromatic carbocycles. The first-order valence-electron chi connectivity index (χ1n) is 37.3. The van der Waals surface area contributed by atoms with Crippen molar-refractivity contribution in [2.45, 2.75) is 0 Å². The molecule has 0 fully saturated rings. The molecule has 9 heteroatoms. The van der Waals surface area contributed by atoms with Crippen LogP contribution in [-0.2, 0) is 0 Å². The van der Waals surface area contributed by atoms with Crippen LogP contribution in [0.4, 0.5) is 0 Å². The van der Waals surface area contributed by atoms with E-state index >= 15 is 0 Å². The van der Waals surface area contributed by atoms with Gasteiger partial charge in [0.15, 0.2) is 34.9 Å². The molecule has 518 valence electrons. The molecule has 0 unspecified atom stereocenters. The number of hydrogen-bond acceptors (Lipinski definition) is 8. The van der Waals surface area contributed by atoms with Crippen LogP contribution in [0.1, 0.15) is 0 Å². The molecule has 0 saturated heterocycles. The van der Waals surface area contributed by atoms with E-state index in [2.05, 4.69) is 265 Å². The van der Waals surface area contributed by atoms with Crippen molar-refractivity contribution in [1.29, 1.82) is 0 Å². The van der Waals surface area contributed by atoms with Gasteiger partial charge in [0.1, 0.15) is 22.3 Å². The zero-order chi connectivity index (χ0) is 73.3. The molecule has 0 atom stereocenters. The van der Waals surface area contributed by atoms with E-state index in [9.17, 15) is 0 Å². The number of para-hydroxylation sites is 2. The van der Waals surface area contributed by atoms with Crippen molar-refractivity contribution >= 4 is 98.0 Å². The van der Waals surface area contributed by atoms with Crippen LogP contribution in [0.3, 0.4) is 0 Å². The quantitative estimate of drug-likeness (QED) is 0.118. The van der Waals surface area contributed by atoms with Crippen molar-refractivity contribution in [3.8, 4) is 119 Å². The maximum atomic E-state index is 6.49. The molecule has 0 aliphatic carbocycles. The molecule has 111 heavy (non-hydrogen) atoms. The number of rotatable bonds is 11. The highest BCUT2D eigenvalue weighted by Gasteiger charge is 2.20. The molecule has 5 aromatic heterocycles. The molecule has 0 radical (unpaired) electrons. The normalized spacial score (nSPS) is 11.6. The molecule has 0 amide bonds. The lowest BCUT2D eigenvalue weighted by Gasteiger charge is -2.12. The molecule has 9 nitrogen and oxygen atoms in total. The minimum Gasteiger partial charge on any atom is -0.456 e. The Morgan fingerprint density at radius 2 is 0.441 bits per heavy atom. The third-order valence-electron chi connectivity index (χ3n) is 21.4. The molecule has 0 aliphatic rings. The van der Waals surface area contributed by atoms with E-state index in [0.29, 0.717) is 34.9 Å². The van der Waals surface area contributed by atoms with Crippen molar-refractivity contribution in [2.24, 2.45) is 0 Å². The van der Waals surface area contributed by atoms with Crippen molar-refractivity contribution in [3.63, 3.8) is 0 Å². The maximum Gasteiger partial charge on any atom is 0.164 e. The lowest BCUT2D eigenvalue weighted by Crippen LogP contribution is -2.00. The van der Waals surface area contributed by atoms with Gasteiger partial charge in [0, 0.05) is 71.4 Å². The number of nitrogens with zero attached hydrogens (tertiary/aromatic N) is 7. The van der Waals surface area contributed by atoms with Gasteiger partial charge in [0.25, 0.3) is 0 Å². The topological polar surface area (TPSA) is 109 Å². The zero-order valence-corrected chi connectivity index (χ0v) is 59.8. The lowest BCUT2D eigenvalue weighted by atomic mass is 9.92. The first-order valence-corrected chi connectivity index (χ1v) is 37.3. The van der Waals surface area contributed by atoms with Gasteiger partial charge in [-0.15, -0.1) is 0 Å². The van der Waals surface area contributed by atoms with Crippen LogP contribution in [0, 0.1) is 0 Å². The van der Waals surface area contributed by atoms with Crippen LogP contribution < -0.4 is 0 Å². The first-order chi connectivity index (χ1) is 55.0. The summed E-state index contributed by atoms with van der Waals surface area (Å²) in [6.45, 7) is 0. The highest BCUT2D eigenvalue weighted by atomic mass is 16.3. The van der Waals surface area contributed by atoms with E-state index in [-0.39, 0.29) is 0 Å². The van der Waals surface area contributed by atoms with E-state index in [1.54, 1.807) is 0 Å². The molecule has 0 spiro atoms. The van der Waals surface area contributed by atoms with Crippen LogP contribution in [-0.4, -0.2) is 34.5 Å². The summed E-state index contributed by atoms with van der Waals surface area (Å²) >= 11 is 0. The van der Waals surface area contributed by atoms with Crippen LogP contribution in [0.25, 0.3) is 217 Å². The van der Waals surface area contributed by atoms with Gasteiger partial charge in [0.2, 0.25) is 0 Å². The summed E-state index contributed by atoms with van der Waals surface area (Å²) in [7, 11) is 0. The predicted octanol–water partition coefficient (Wildman–Crippen LogP) is 26.8. The number of aromatic nitrogens is 7. The van der Waals surface area contributed by atoms with Crippen LogP contribution >= 0.6 is 0 Å². The first kappa shape index (κ1) is 64.3. The fraction of sp³-hybridized carbons (Fsp3) is 0. The summed E-state index contributed by atoms with van der Waals surface area (Å²) in [6, 6.07) is 133. The van der Waals surface area contributed by atoms with Crippen LogP contribution in [0.15, 0.2) is 391 Å². The summed E-state index contributed by atoms with van der Waals surface area (Å²) in [5.41, 5.74) is 21.6. The minimum atomic E-state index is 0.625. The van der Waals surface area contributed by atoms with Gasteiger partial charge in [-0.1, -0.05) is 291 Å². The van der Waals surface area contributed by atoms with E-state index in [1.165, 1.54) is 65.3 Å². The van der Waals surface area contributed by atoms with Gasteiger partial charge in [0.05, 0.1) is 11.0 Å². The largest absolute Gasteiger partial charge is 0.456 e. The maximum absolute atomic E-state index is 6.49. The molecule has 0 saturated carbocycles.